The quantitative estimate of drug-likeness (QED) is 0.618. The number of nitrogens with one attached hydrogen (secondary N) is 2. The highest BCUT2D eigenvalue weighted by Crippen LogP contribution is 2.33. The molecule has 0 aliphatic heterocycles. The highest BCUT2D eigenvalue weighted by atomic mass is 19.4. The molecule has 1 aromatic heterocycles. The van der Waals surface area contributed by atoms with E-state index in [0.29, 0.717) is 0 Å². The van der Waals surface area contributed by atoms with Gasteiger partial charge in [0.05, 0.1) is 11.8 Å². The summed E-state index contributed by atoms with van der Waals surface area (Å²) in [6, 6.07) is 14.5. The Morgan fingerprint density at radius 1 is 1.03 bits per heavy atom. The van der Waals surface area contributed by atoms with Gasteiger partial charge in [-0.1, -0.05) is 36.4 Å². The minimum atomic E-state index is -4.54. The topological polar surface area (TPSA) is 71.3 Å². The molecule has 1 heterocycles. The van der Waals surface area contributed by atoms with Crippen LogP contribution in [0.5, 0.6) is 0 Å². The number of rotatable bonds is 6. The van der Waals surface area contributed by atoms with Gasteiger partial charge in [0.15, 0.2) is 5.76 Å². The van der Waals surface area contributed by atoms with Gasteiger partial charge in [0.25, 0.3) is 5.91 Å². The Bertz CT molecular complexity index is 1020. The summed E-state index contributed by atoms with van der Waals surface area (Å²) in [5.74, 6) is -1.22. The molecule has 1 atom stereocenters. The number of anilines is 1. The second-order valence-electron chi connectivity index (χ2n) is 6.71. The number of halogens is 3. The van der Waals surface area contributed by atoms with Crippen LogP contribution in [0.2, 0.25) is 0 Å². The number of carbonyl (C=O) groups excluding carboxylic acids is 2. The zero-order valence-electron chi connectivity index (χ0n) is 16.0. The number of alkyl halides is 3. The van der Waals surface area contributed by atoms with Crippen LogP contribution in [0, 0.1) is 6.92 Å². The number of benzene rings is 2. The molecule has 0 aliphatic rings. The van der Waals surface area contributed by atoms with Crippen LogP contribution >= 0.6 is 0 Å². The molecular weight excluding hydrogens is 397 g/mol. The average molecular weight is 416 g/mol. The number of carbonyl (C=O) groups is 2. The fraction of sp³-hybridized carbons (Fsp3) is 0.182. The second-order valence-corrected chi connectivity index (χ2v) is 6.71. The lowest BCUT2D eigenvalue weighted by molar-refractivity contribution is -0.138. The number of amides is 2. The van der Waals surface area contributed by atoms with Crippen LogP contribution in [0.15, 0.2) is 71.3 Å². The van der Waals surface area contributed by atoms with Crippen molar-refractivity contribution in [1.29, 1.82) is 0 Å². The predicted octanol–water partition coefficient (Wildman–Crippen LogP) is 4.59. The minimum absolute atomic E-state index is 0.0109. The molecule has 3 aromatic rings. The molecule has 3 rings (SSSR count). The SMILES string of the molecule is Cc1ccc(NC(=O)[C@H](Cc2ccccc2)NC(=O)c2ccco2)cc1C(F)(F)F. The van der Waals surface area contributed by atoms with Crippen LogP contribution in [0.1, 0.15) is 27.2 Å². The summed E-state index contributed by atoms with van der Waals surface area (Å²) >= 11 is 0. The fourth-order valence-corrected chi connectivity index (χ4v) is 2.93. The van der Waals surface area contributed by atoms with Crippen molar-refractivity contribution in [3.63, 3.8) is 0 Å². The molecule has 0 bridgehead atoms. The van der Waals surface area contributed by atoms with E-state index in [1.165, 1.54) is 37.5 Å². The molecule has 0 unspecified atom stereocenters. The molecule has 2 amide bonds. The largest absolute Gasteiger partial charge is 0.459 e. The van der Waals surface area contributed by atoms with Gasteiger partial charge >= 0.3 is 6.18 Å². The van der Waals surface area contributed by atoms with Gasteiger partial charge in [-0.3, -0.25) is 9.59 Å². The van der Waals surface area contributed by atoms with Gasteiger partial charge in [-0.2, -0.15) is 13.2 Å². The maximum atomic E-state index is 13.2. The molecule has 2 aromatic carbocycles. The molecule has 5 nitrogen and oxygen atoms in total. The van der Waals surface area contributed by atoms with E-state index in [0.717, 1.165) is 11.6 Å². The van der Waals surface area contributed by atoms with Gasteiger partial charge in [0.1, 0.15) is 6.04 Å². The third-order valence-corrected chi connectivity index (χ3v) is 4.46. The molecule has 0 radical (unpaired) electrons. The van der Waals surface area contributed by atoms with Crippen molar-refractivity contribution in [2.75, 3.05) is 5.32 Å². The van der Waals surface area contributed by atoms with Crippen molar-refractivity contribution in [2.45, 2.75) is 25.6 Å². The minimum Gasteiger partial charge on any atom is -0.459 e. The van der Waals surface area contributed by atoms with Gasteiger partial charge in [-0.05, 0) is 42.3 Å². The summed E-state index contributed by atoms with van der Waals surface area (Å²) in [6.45, 7) is 1.34. The van der Waals surface area contributed by atoms with E-state index in [1.54, 1.807) is 24.3 Å². The molecule has 0 aliphatic carbocycles. The second kappa shape index (κ2) is 8.86. The van der Waals surface area contributed by atoms with Crippen molar-refractivity contribution in [2.24, 2.45) is 0 Å². The Labute approximate surface area is 170 Å². The maximum Gasteiger partial charge on any atom is 0.416 e. The molecular formula is C22H19F3N2O3. The van der Waals surface area contributed by atoms with Crippen LogP contribution in [0.3, 0.4) is 0 Å². The lowest BCUT2D eigenvalue weighted by atomic mass is 10.0. The monoisotopic (exact) mass is 416 g/mol. The third-order valence-electron chi connectivity index (χ3n) is 4.46. The molecule has 30 heavy (non-hydrogen) atoms. The lowest BCUT2D eigenvalue weighted by Gasteiger charge is -2.19. The summed E-state index contributed by atoms with van der Waals surface area (Å²) in [5.41, 5.74) is -0.0208. The zero-order chi connectivity index (χ0) is 21.7. The Morgan fingerprint density at radius 2 is 1.77 bits per heavy atom. The van der Waals surface area contributed by atoms with E-state index in [4.69, 9.17) is 4.42 Å². The average Bonchev–Trinajstić information content (AvgIpc) is 3.24. The van der Waals surface area contributed by atoms with E-state index in [2.05, 4.69) is 10.6 Å². The number of furan rings is 1. The van der Waals surface area contributed by atoms with E-state index >= 15 is 0 Å². The maximum absolute atomic E-state index is 13.2. The van der Waals surface area contributed by atoms with Gasteiger partial charge in [-0.25, -0.2) is 0 Å². The Balaban J connectivity index is 1.82. The van der Waals surface area contributed by atoms with Crippen LogP contribution in [0.4, 0.5) is 18.9 Å². The fourth-order valence-electron chi connectivity index (χ4n) is 2.93. The van der Waals surface area contributed by atoms with Crippen LogP contribution in [-0.2, 0) is 17.4 Å². The number of hydrogen-bond acceptors (Lipinski definition) is 3. The summed E-state index contributed by atoms with van der Waals surface area (Å²) < 4.78 is 44.5. The highest BCUT2D eigenvalue weighted by molar-refractivity contribution is 6.00. The zero-order valence-corrected chi connectivity index (χ0v) is 16.0. The summed E-state index contributed by atoms with van der Waals surface area (Å²) in [4.78, 5) is 25.2. The number of aryl methyl sites for hydroxylation is 1. The molecule has 2 N–H and O–H groups in total. The first-order valence-corrected chi connectivity index (χ1v) is 9.11. The van der Waals surface area contributed by atoms with E-state index in [-0.39, 0.29) is 23.4 Å². The smallest absolute Gasteiger partial charge is 0.416 e. The van der Waals surface area contributed by atoms with Crippen LogP contribution in [-0.4, -0.2) is 17.9 Å². The lowest BCUT2D eigenvalue weighted by Crippen LogP contribution is -2.45. The molecule has 0 saturated carbocycles. The molecule has 156 valence electrons. The van der Waals surface area contributed by atoms with Crippen LogP contribution in [0.25, 0.3) is 0 Å². The number of hydrogen-bond donors (Lipinski definition) is 2. The molecule has 0 spiro atoms. The van der Waals surface area contributed by atoms with E-state index < -0.39 is 29.6 Å². The van der Waals surface area contributed by atoms with Crippen molar-refractivity contribution >= 4 is 17.5 Å². The van der Waals surface area contributed by atoms with Gasteiger partial charge in [0.2, 0.25) is 5.91 Å². The van der Waals surface area contributed by atoms with Crippen molar-refractivity contribution in [3.05, 3.63) is 89.4 Å². The molecule has 0 fully saturated rings. The first-order valence-electron chi connectivity index (χ1n) is 9.11. The predicted molar refractivity (Wildman–Crippen MR) is 105 cm³/mol. The van der Waals surface area contributed by atoms with Crippen LogP contribution < -0.4 is 10.6 Å². The van der Waals surface area contributed by atoms with Crippen molar-refractivity contribution < 1.29 is 27.2 Å². The van der Waals surface area contributed by atoms with Gasteiger partial charge in [0, 0.05) is 12.1 Å². The highest BCUT2D eigenvalue weighted by Gasteiger charge is 2.33. The first-order chi connectivity index (χ1) is 14.2. The molecule has 0 saturated heterocycles. The van der Waals surface area contributed by atoms with Crippen molar-refractivity contribution in [1.82, 2.24) is 5.32 Å². The van der Waals surface area contributed by atoms with E-state index in [1.807, 2.05) is 6.07 Å². The third kappa shape index (κ3) is 5.28. The van der Waals surface area contributed by atoms with Gasteiger partial charge in [-0.15, -0.1) is 0 Å². The standard InChI is InChI=1S/C22H19F3N2O3/c1-14-9-10-16(13-17(14)22(23,24)25)26-20(28)18(12-15-6-3-2-4-7-15)27-21(29)19-8-5-11-30-19/h2-11,13,18H,12H2,1H3,(H,26,28)(H,27,29)/t18-/m0/s1. The Morgan fingerprint density at radius 3 is 2.40 bits per heavy atom. The summed E-state index contributed by atoms with van der Waals surface area (Å²) in [7, 11) is 0. The Kier molecular flexibility index (Phi) is 6.25. The van der Waals surface area contributed by atoms with Gasteiger partial charge < -0.3 is 15.1 Å². The van der Waals surface area contributed by atoms with E-state index in [9.17, 15) is 22.8 Å². The summed E-state index contributed by atoms with van der Waals surface area (Å²) in [6.07, 6.45) is -3.06. The Hall–Kier alpha value is -3.55. The molecule has 8 heteroatoms. The normalized spacial score (nSPS) is 12.3. The first kappa shape index (κ1) is 21.2. The summed E-state index contributed by atoms with van der Waals surface area (Å²) in [5, 5.41) is 5.05. The van der Waals surface area contributed by atoms with Crippen molar-refractivity contribution in [3.8, 4) is 0 Å².